The first kappa shape index (κ1) is 16.3. The number of hydrogen-bond donors (Lipinski definition) is 1. The Morgan fingerprint density at radius 3 is 2.42 bits per heavy atom. The van der Waals surface area contributed by atoms with Gasteiger partial charge in [0.2, 0.25) is 0 Å². The Labute approximate surface area is 147 Å². The van der Waals surface area contributed by atoms with Crippen LogP contribution in [0.25, 0.3) is 0 Å². The van der Waals surface area contributed by atoms with Crippen LogP contribution in [-0.4, -0.2) is 12.0 Å². The van der Waals surface area contributed by atoms with Gasteiger partial charge in [0, 0.05) is 41.8 Å². The van der Waals surface area contributed by atoms with Gasteiger partial charge in [0.25, 0.3) is 0 Å². The number of anilines is 3. The zero-order chi connectivity index (χ0) is 16.9. The van der Waals surface area contributed by atoms with Crippen LogP contribution in [0.1, 0.15) is 11.1 Å². The third kappa shape index (κ3) is 4.06. The SMILES string of the molecule is Cc1ccc(N(C)Cc2cccnc2Nc2ccc(Cl)cc2)cc1. The van der Waals surface area contributed by atoms with E-state index in [0.29, 0.717) is 0 Å². The van der Waals surface area contributed by atoms with Crippen molar-refractivity contribution in [1.82, 2.24) is 4.98 Å². The normalized spacial score (nSPS) is 10.5. The summed E-state index contributed by atoms with van der Waals surface area (Å²) in [6, 6.07) is 20.2. The Kier molecular flexibility index (Phi) is 5.02. The minimum atomic E-state index is 0.723. The number of benzene rings is 2. The standard InChI is InChI=1S/C20H20ClN3/c1-15-5-11-19(12-6-15)24(2)14-16-4-3-13-22-20(16)23-18-9-7-17(21)8-10-18/h3-13H,14H2,1-2H3,(H,22,23). The maximum atomic E-state index is 5.94. The average molecular weight is 338 g/mol. The molecule has 0 radical (unpaired) electrons. The van der Waals surface area contributed by atoms with Gasteiger partial charge < -0.3 is 10.2 Å². The fourth-order valence-electron chi connectivity index (χ4n) is 2.49. The van der Waals surface area contributed by atoms with Crippen LogP contribution in [0.15, 0.2) is 66.9 Å². The maximum Gasteiger partial charge on any atom is 0.135 e. The molecule has 0 bridgehead atoms. The van der Waals surface area contributed by atoms with E-state index in [1.54, 1.807) is 6.20 Å². The molecule has 0 saturated carbocycles. The van der Waals surface area contributed by atoms with Crippen molar-refractivity contribution in [3.8, 4) is 0 Å². The van der Waals surface area contributed by atoms with Crippen LogP contribution >= 0.6 is 11.6 Å². The van der Waals surface area contributed by atoms with Crippen molar-refractivity contribution in [3.63, 3.8) is 0 Å². The predicted molar refractivity (Wildman–Crippen MR) is 102 cm³/mol. The molecule has 3 aromatic rings. The first-order valence-corrected chi connectivity index (χ1v) is 8.24. The number of nitrogens with one attached hydrogen (secondary N) is 1. The topological polar surface area (TPSA) is 28.2 Å². The molecule has 4 heteroatoms. The zero-order valence-corrected chi connectivity index (χ0v) is 14.6. The first-order chi connectivity index (χ1) is 11.6. The van der Waals surface area contributed by atoms with E-state index in [1.165, 1.54) is 11.3 Å². The molecule has 2 aromatic carbocycles. The van der Waals surface area contributed by atoms with Crippen molar-refractivity contribution < 1.29 is 0 Å². The second kappa shape index (κ2) is 7.37. The van der Waals surface area contributed by atoms with Gasteiger partial charge in [0.15, 0.2) is 0 Å². The molecule has 1 heterocycles. The minimum absolute atomic E-state index is 0.723. The van der Waals surface area contributed by atoms with E-state index in [0.717, 1.165) is 28.6 Å². The van der Waals surface area contributed by atoms with Gasteiger partial charge in [-0.15, -0.1) is 0 Å². The largest absolute Gasteiger partial charge is 0.370 e. The van der Waals surface area contributed by atoms with Crippen molar-refractivity contribution in [2.45, 2.75) is 13.5 Å². The summed E-state index contributed by atoms with van der Waals surface area (Å²) >= 11 is 5.94. The highest BCUT2D eigenvalue weighted by Gasteiger charge is 2.08. The first-order valence-electron chi connectivity index (χ1n) is 7.86. The Balaban J connectivity index is 1.78. The van der Waals surface area contributed by atoms with Crippen molar-refractivity contribution in [2.24, 2.45) is 0 Å². The lowest BCUT2D eigenvalue weighted by Crippen LogP contribution is -2.17. The van der Waals surface area contributed by atoms with Gasteiger partial charge in [-0.25, -0.2) is 4.98 Å². The van der Waals surface area contributed by atoms with Crippen LogP contribution in [0.4, 0.5) is 17.2 Å². The van der Waals surface area contributed by atoms with E-state index in [4.69, 9.17) is 11.6 Å². The molecule has 1 aromatic heterocycles. The molecule has 0 amide bonds. The molecule has 122 valence electrons. The van der Waals surface area contributed by atoms with Crippen LogP contribution in [0.3, 0.4) is 0 Å². The van der Waals surface area contributed by atoms with Crippen LogP contribution in [-0.2, 0) is 6.54 Å². The Morgan fingerprint density at radius 2 is 1.71 bits per heavy atom. The second-order valence-corrected chi connectivity index (χ2v) is 6.27. The third-order valence-electron chi connectivity index (χ3n) is 3.88. The molecule has 0 unspecified atom stereocenters. The molecule has 0 aliphatic carbocycles. The average Bonchev–Trinajstić information content (AvgIpc) is 2.59. The fraction of sp³-hybridized carbons (Fsp3) is 0.150. The lowest BCUT2D eigenvalue weighted by molar-refractivity contribution is 0.917. The molecule has 0 aliphatic heterocycles. The number of halogens is 1. The summed E-state index contributed by atoms with van der Waals surface area (Å²) in [6.45, 7) is 2.87. The smallest absolute Gasteiger partial charge is 0.135 e. The second-order valence-electron chi connectivity index (χ2n) is 5.83. The van der Waals surface area contributed by atoms with E-state index in [9.17, 15) is 0 Å². The lowest BCUT2D eigenvalue weighted by Gasteiger charge is -2.21. The third-order valence-corrected chi connectivity index (χ3v) is 4.13. The van der Waals surface area contributed by atoms with Gasteiger partial charge in [0.1, 0.15) is 5.82 Å². The fourth-order valence-corrected chi connectivity index (χ4v) is 2.62. The van der Waals surface area contributed by atoms with Crippen LogP contribution in [0, 0.1) is 6.92 Å². The number of hydrogen-bond acceptors (Lipinski definition) is 3. The van der Waals surface area contributed by atoms with E-state index < -0.39 is 0 Å². The number of aryl methyl sites for hydroxylation is 1. The molecule has 0 spiro atoms. The molecule has 3 rings (SSSR count). The summed E-state index contributed by atoms with van der Waals surface area (Å²) in [5.74, 6) is 0.860. The van der Waals surface area contributed by atoms with E-state index in [-0.39, 0.29) is 0 Å². The van der Waals surface area contributed by atoms with E-state index >= 15 is 0 Å². The molecule has 0 atom stereocenters. The number of pyridine rings is 1. The summed E-state index contributed by atoms with van der Waals surface area (Å²) in [5, 5.41) is 4.09. The zero-order valence-electron chi connectivity index (χ0n) is 13.8. The van der Waals surface area contributed by atoms with Crippen molar-refractivity contribution in [2.75, 3.05) is 17.3 Å². The van der Waals surface area contributed by atoms with Gasteiger partial charge >= 0.3 is 0 Å². The number of rotatable bonds is 5. The summed E-state index contributed by atoms with van der Waals surface area (Å²) < 4.78 is 0. The summed E-state index contributed by atoms with van der Waals surface area (Å²) in [4.78, 5) is 6.70. The molecule has 3 nitrogen and oxygen atoms in total. The lowest BCUT2D eigenvalue weighted by atomic mass is 10.2. The molecular weight excluding hydrogens is 318 g/mol. The van der Waals surface area contributed by atoms with E-state index in [2.05, 4.69) is 59.5 Å². The van der Waals surface area contributed by atoms with Crippen LogP contribution in [0.2, 0.25) is 5.02 Å². The maximum absolute atomic E-state index is 5.94. The van der Waals surface area contributed by atoms with Crippen molar-refractivity contribution in [3.05, 3.63) is 83.0 Å². The molecule has 0 saturated heterocycles. The molecule has 24 heavy (non-hydrogen) atoms. The van der Waals surface area contributed by atoms with Gasteiger partial charge in [0.05, 0.1) is 0 Å². The molecular formula is C20H20ClN3. The highest BCUT2D eigenvalue weighted by atomic mass is 35.5. The van der Waals surface area contributed by atoms with E-state index in [1.807, 2.05) is 30.3 Å². The summed E-state index contributed by atoms with van der Waals surface area (Å²) in [7, 11) is 2.09. The number of aromatic nitrogens is 1. The van der Waals surface area contributed by atoms with Gasteiger partial charge in [-0.1, -0.05) is 35.4 Å². The van der Waals surface area contributed by atoms with Crippen LogP contribution < -0.4 is 10.2 Å². The highest BCUT2D eigenvalue weighted by Crippen LogP contribution is 2.23. The quantitative estimate of drug-likeness (QED) is 0.673. The van der Waals surface area contributed by atoms with Crippen molar-refractivity contribution >= 4 is 28.8 Å². The van der Waals surface area contributed by atoms with Crippen molar-refractivity contribution in [1.29, 1.82) is 0 Å². The molecule has 1 N–H and O–H groups in total. The molecule has 0 fully saturated rings. The predicted octanol–water partition coefficient (Wildman–Crippen LogP) is 5.42. The van der Waals surface area contributed by atoms with Crippen LogP contribution in [0.5, 0.6) is 0 Å². The highest BCUT2D eigenvalue weighted by molar-refractivity contribution is 6.30. The monoisotopic (exact) mass is 337 g/mol. The minimum Gasteiger partial charge on any atom is -0.370 e. The summed E-state index contributed by atoms with van der Waals surface area (Å²) in [5.41, 5.74) is 4.55. The number of nitrogens with zero attached hydrogens (tertiary/aromatic N) is 2. The molecule has 0 aliphatic rings. The van der Waals surface area contributed by atoms with Gasteiger partial charge in [-0.3, -0.25) is 0 Å². The Bertz CT molecular complexity index is 798. The Morgan fingerprint density at radius 1 is 1.00 bits per heavy atom. The Hall–Kier alpha value is -2.52. The van der Waals surface area contributed by atoms with Gasteiger partial charge in [-0.2, -0.15) is 0 Å². The summed E-state index contributed by atoms with van der Waals surface area (Å²) in [6.07, 6.45) is 1.80. The van der Waals surface area contributed by atoms with Gasteiger partial charge in [-0.05, 0) is 49.4 Å².